The molecule has 12 nitrogen and oxygen atoms in total. The normalized spacial score (nSPS) is 17.3. The summed E-state index contributed by atoms with van der Waals surface area (Å²) in [6, 6.07) is -1.06. The number of hydrogen-bond donors (Lipinski definition) is 2. The summed E-state index contributed by atoms with van der Waals surface area (Å²) in [7, 11) is 1.71. The van der Waals surface area contributed by atoms with Crippen LogP contribution >= 0.6 is 0 Å². The van der Waals surface area contributed by atoms with Crippen molar-refractivity contribution in [3.8, 4) is 22.6 Å². The minimum absolute atomic E-state index is 0.0164. The SMILES string of the molecule is Cn1cc(-c2cnc(N(C(=O)NCC(F)(F)F)[C@H]3CC[C@H](Nc4ncc(C(F)(F)F)c(-c5ccn(C(F)F)n5)n4)CC3)cn2)cn1. The van der Waals surface area contributed by atoms with Crippen molar-refractivity contribution in [1.82, 2.24) is 44.8 Å². The van der Waals surface area contributed by atoms with Crippen LogP contribution in [0.15, 0.2) is 43.2 Å². The van der Waals surface area contributed by atoms with Gasteiger partial charge in [0.15, 0.2) is 5.82 Å². The van der Waals surface area contributed by atoms with E-state index in [0.29, 0.717) is 30.3 Å². The highest BCUT2D eigenvalue weighted by atomic mass is 19.4. The third-order valence-corrected chi connectivity index (χ3v) is 7.08. The quantitative estimate of drug-likeness (QED) is 0.239. The number of amides is 2. The van der Waals surface area contributed by atoms with E-state index >= 15 is 0 Å². The molecule has 0 aliphatic heterocycles. The van der Waals surface area contributed by atoms with Gasteiger partial charge in [0.1, 0.15) is 23.5 Å². The molecule has 20 heteroatoms. The maximum Gasteiger partial charge on any atom is 0.420 e. The molecule has 0 bridgehead atoms. The van der Waals surface area contributed by atoms with Gasteiger partial charge in [-0.3, -0.25) is 14.6 Å². The number of carbonyl (C=O) groups excluding carboxylic acids is 1. The van der Waals surface area contributed by atoms with Crippen molar-refractivity contribution in [2.75, 3.05) is 16.8 Å². The maximum absolute atomic E-state index is 13.6. The van der Waals surface area contributed by atoms with Gasteiger partial charge < -0.3 is 10.6 Å². The number of nitrogens with one attached hydrogen (secondary N) is 2. The third kappa shape index (κ3) is 7.65. The lowest BCUT2D eigenvalue weighted by atomic mass is 9.90. The minimum atomic E-state index is -4.89. The second-order valence-corrected chi connectivity index (χ2v) is 10.4. The largest absolute Gasteiger partial charge is 0.420 e. The molecule has 1 aliphatic rings. The number of carbonyl (C=O) groups is 1. The summed E-state index contributed by atoms with van der Waals surface area (Å²) >= 11 is 0. The number of nitrogens with zero attached hydrogens (tertiary/aromatic N) is 9. The molecule has 4 heterocycles. The Morgan fingerprint density at radius 2 is 1.74 bits per heavy atom. The van der Waals surface area contributed by atoms with Crippen LogP contribution in [0.1, 0.15) is 37.8 Å². The molecule has 4 aromatic rings. The number of halogens is 8. The van der Waals surface area contributed by atoms with Gasteiger partial charge in [0.05, 0.1) is 24.3 Å². The zero-order valence-corrected chi connectivity index (χ0v) is 23.8. The lowest BCUT2D eigenvalue weighted by molar-refractivity contribution is -0.137. The van der Waals surface area contributed by atoms with E-state index in [-0.39, 0.29) is 29.3 Å². The number of alkyl halides is 8. The predicted octanol–water partition coefficient (Wildman–Crippen LogP) is 5.45. The summed E-state index contributed by atoms with van der Waals surface area (Å²) in [4.78, 5) is 30.3. The van der Waals surface area contributed by atoms with Crippen molar-refractivity contribution >= 4 is 17.8 Å². The highest BCUT2D eigenvalue weighted by molar-refractivity contribution is 5.91. The van der Waals surface area contributed by atoms with E-state index in [1.54, 1.807) is 24.1 Å². The molecule has 1 saturated carbocycles. The number of aryl methyl sites for hydroxylation is 1. The lowest BCUT2D eigenvalue weighted by Gasteiger charge is -2.36. The lowest BCUT2D eigenvalue weighted by Crippen LogP contribution is -2.50. The third-order valence-electron chi connectivity index (χ3n) is 7.08. The number of hydrogen-bond acceptors (Lipinski definition) is 8. The first kappa shape index (κ1) is 32.5. The highest BCUT2D eigenvalue weighted by Gasteiger charge is 2.37. The molecule has 0 unspecified atom stereocenters. The summed E-state index contributed by atoms with van der Waals surface area (Å²) < 4.78 is 107. The van der Waals surface area contributed by atoms with E-state index < -0.39 is 60.5 Å². The van der Waals surface area contributed by atoms with E-state index in [0.717, 1.165) is 17.2 Å². The molecule has 1 fully saturated rings. The van der Waals surface area contributed by atoms with Gasteiger partial charge in [0.2, 0.25) is 5.95 Å². The smallest absolute Gasteiger partial charge is 0.351 e. The van der Waals surface area contributed by atoms with Crippen LogP contribution in [0.4, 0.5) is 51.7 Å². The molecule has 1 aliphatic carbocycles. The Morgan fingerprint density at radius 3 is 2.30 bits per heavy atom. The average molecular weight is 660 g/mol. The maximum atomic E-state index is 13.6. The van der Waals surface area contributed by atoms with Crippen molar-refractivity contribution in [2.45, 2.75) is 56.7 Å². The highest BCUT2D eigenvalue weighted by Crippen LogP contribution is 2.36. The van der Waals surface area contributed by atoms with Gasteiger partial charge in [-0.25, -0.2) is 24.4 Å². The molecule has 2 N–H and O–H groups in total. The van der Waals surface area contributed by atoms with Crippen molar-refractivity contribution in [2.24, 2.45) is 7.05 Å². The van der Waals surface area contributed by atoms with E-state index in [9.17, 15) is 39.9 Å². The van der Waals surface area contributed by atoms with Crippen LogP contribution in [0.2, 0.25) is 0 Å². The second kappa shape index (κ2) is 12.8. The van der Waals surface area contributed by atoms with Crippen LogP contribution in [0.5, 0.6) is 0 Å². The topological polar surface area (TPSA) is 132 Å². The molecule has 0 saturated heterocycles. The number of aromatic nitrogens is 8. The van der Waals surface area contributed by atoms with Crippen LogP contribution in [0.25, 0.3) is 22.6 Å². The first-order valence-corrected chi connectivity index (χ1v) is 13.7. The number of rotatable bonds is 8. The fraction of sp³-hybridized carbons (Fsp3) is 0.423. The molecule has 0 spiro atoms. The molecule has 0 aromatic carbocycles. The van der Waals surface area contributed by atoms with Gasteiger partial charge in [-0.1, -0.05) is 0 Å². The molecular weight excluding hydrogens is 634 g/mol. The van der Waals surface area contributed by atoms with Gasteiger partial charge in [-0.2, -0.15) is 45.3 Å². The number of urea groups is 1. The van der Waals surface area contributed by atoms with E-state index in [1.807, 2.05) is 5.32 Å². The molecule has 4 aromatic heterocycles. The molecule has 246 valence electrons. The van der Waals surface area contributed by atoms with Crippen molar-refractivity contribution in [1.29, 1.82) is 0 Å². The summed E-state index contributed by atoms with van der Waals surface area (Å²) in [5.74, 6) is -0.197. The van der Waals surface area contributed by atoms with Crippen molar-refractivity contribution < 1.29 is 39.9 Å². The van der Waals surface area contributed by atoms with Gasteiger partial charge in [-0.05, 0) is 31.7 Å². The average Bonchev–Trinajstić information content (AvgIpc) is 3.67. The summed E-state index contributed by atoms with van der Waals surface area (Å²) in [6.07, 6.45) is -1.18. The molecule has 0 radical (unpaired) electrons. The Morgan fingerprint density at radius 1 is 1.00 bits per heavy atom. The fourth-order valence-electron chi connectivity index (χ4n) is 4.95. The Balaban J connectivity index is 1.32. The van der Waals surface area contributed by atoms with Crippen LogP contribution < -0.4 is 15.5 Å². The summed E-state index contributed by atoms with van der Waals surface area (Å²) in [5, 5.41) is 12.3. The Labute approximate surface area is 254 Å². The van der Waals surface area contributed by atoms with Gasteiger partial charge in [-0.15, -0.1) is 0 Å². The minimum Gasteiger partial charge on any atom is -0.351 e. The zero-order chi connectivity index (χ0) is 33.2. The Hall–Kier alpha value is -4.91. The van der Waals surface area contributed by atoms with E-state index in [4.69, 9.17) is 0 Å². The number of anilines is 2. The van der Waals surface area contributed by atoms with Crippen LogP contribution in [-0.4, -0.2) is 70.3 Å². The Bertz CT molecular complexity index is 1640. The van der Waals surface area contributed by atoms with Gasteiger partial charge in [0.25, 0.3) is 0 Å². The van der Waals surface area contributed by atoms with Crippen LogP contribution in [-0.2, 0) is 13.2 Å². The molecule has 5 rings (SSSR count). The van der Waals surface area contributed by atoms with Crippen molar-refractivity contribution in [3.05, 3.63) is 48.8 Å². The molecular formula is C26H25F8N11O. The van der Waals surface area contributed by atoms with Gasteiger partial charge >= 0.3 is 24.9 Å². The zero-order valence-electron chi connectivity index (χ0n) is 23.8. The monoisotopic (exact) mass is 659 g/mol. The fourth-order valence-corrected chi connectivity index (χ4v) is 4.95. The summed E-state index contributed by atoms with van der Waals surface area (Å²) in [6.45, 7) is -4.64. The van der Waals surface area contributed by atoms with E-state index in [2.05, 4.69) is 35.5 Å². The first-order chi connectivity index (χ1) is 21.7. The second-order valence-electron chi connectivity index (χ2n) is 10.4. The standard InChI is InChI=1S/C26H25F8N11O/c1-43-12-14(8-39-43)19-10-36-20(11-35-19)45(24(46)38-13-25(29,30)31)16-4-2-15(3-5-16)40-23-37-9-17(26(32,33)34)21(41-23)18-6-7-44(42-18)22(27)28/h6-12,15-16,22H,2-5,13H2,1H3,(H,38,46)(H,37,40,41)/t15-,16-. The predicted molar refractivity (Wildman–Crippen MR) is 145 cm³/mol. The van der Waals surface area contributed by atoms with Crippen molar-refractivity contribution in [3.63, 3.8) is 0 Å². The molecule has 46 heavy (non-hydrogen) atoms. The Kier molecular flexibility index (Phi) is 9.06. The van der Waals surface area contributed by atoms with Gasteiger partial charge in [0, 0.05) is 43.3 Å². The first-order valence-electron chi connectivity index (χ1n) is 13.7. The summed E-state index contributed by atoms with van der Waals surface area (Å²) in [5.41, 5.74) is -1.33. The molecule has 0 atom stereocenters. The molecule has 2 amide bonds. The van der Waals surface area contributed by atoms with Crippen LogP contribution in [0.3, 0.4) is 0 Å². The van der Waals surface area contributed by atoms with E-state index in [1.165, 1.54) is 12.4 Å². The van der Waals surface area contributed by atoms with Crippen LogP contribution in [0, 0.1) is 0 Å².